The molecule has 0 unspecified atom stereocenters. The van der Waals surface area contributed by atoms with Crippen LogP contribution in [0.3, 0.4) is 0 Å². The van der Waals surface area contributed by atoms with E-state index < -0.39 is 17.5 Å². The lowest BCUT2D eigenvalue weighted by atomic mass is 10.3. The van der Waals surface area contributed by atoms with E-state index in [0.29, 0.717) is 13.0 Å². The predicted octanol–water partition coefficient (Wildman–Crippen LogP) is 0.0629. The third kappa shape index (κ3) is 1.60. The molecule has 2 rings (SSSR count). The van der Waals surface area contributed by atoms with E-state index in [1.54, 1.807) is 0 Å². The van der Waals surface area contributed by atoms with Crippen molar-refractivity contribution in [2.45, 2.75) is 18.0 Å². The van der Waals surface area contributed by atoms with Gasteiger partial charge in [0.15, 0.2) is 6.23 Å². The third-order valence-electron chi connectivity index (χ3n) is 2.12. The molecular formula is C8H9ClN2O3. The second-order valence-electron chi connectivity index (χ2n) is 3.08. The molecule has 0 spiro atoms. The molecule has 1 aliphatic heterocycles. The largest absolute Gasteiger partial charge is 0.356 e. The fraction of sp³-hybridized carbons (Fsp3) is 0.500. The second kappa shape index (κ2) is 3.59. The van der Waals surface area contributed by atoms with Crippen molar-refractivity contribution >= 4 is 11.6 Å². The van der Waals surface area contributed by atoms with Crippen LogP contribution in [-0.2, 0) is 4.74 Å². The van der Waals surface area contributed by atoms with Crippen LogP contribution in [0.25, 0.3) is 0 Å². The molecule has 5 nitrogen and oxygen atoms in total. The fourth-order valence-corrected chi connectivity index (χ4v) is 1.71. The third-order valence-corrected chi connectivity index (χ3v) is 2.55. The quantitative estimate of drug-likeness (QED) is 0.676. The number of hydrogen-bond acceptors (Lipinski definition) is 3. The zero-order valence-corrected chi connectivity index (χ0v) is 8.03. The van der Waals surface area contributed by atoms with Gasteiger partial charge in [-0.1, -0.05) is 0 Å². The standard InChI is InChI=1S/C8H9ClN2O3/c9-5-2-4-14-7(5)11-3-1-6(12)10-8(11)13/h1,3,5,7H,2,4H2,(H,10,12,13)/t5-,7+/m0/s1. The van der Waals surface area contributed by atoms with Crippen molar-refractivity contribution in [1.29, 1.82) is 0 Å². The van der Waals surface area contributed by atoms with Crippen molar-refractivity contribution in [2.75, 3.05) is 6.61 Å². The number of ether oxygens (including phenoxy) is 1. The number of aromatic nitrogens is 2. The van der Waals surface area contributed by atoms with Gasteiger partial charge >= 0.3 is 5.69 Å². The van der Waals surface area contributed by atoms with Crippen LogP contribution < -0.4 is 11.2 Å². The normalized spacial score (nSPS) is 26.6. The van der Waals surface area contributed by atoms with Crippen LogP contribution in [0.5, 0.6) is 0 Å². The molecule has 76 valence electrons. The van der Waals surface area contributed by atoms with Gasteiger partial charge in [0.05, 0.1) is 12.0 Å². The van der Waals surface area contributed by atoms with Gasteiger partial charge in [-0.2, -0.15) is 0 Å². The Kier molecular flexibility index (Phi) is 2.43. The predicted molar refractivity (Wildman–Crippen MR) is 50.6 cm³/mol. The summed E-state index contributed by atoms with van der Waals surface area (Å²) in [4.78, 5) is 24.3. The molecule has 0 saturated carbocycles. The highest BCUT2D eigenvalue weighted by molar-refractivity contribution is 6.20. The topological polar surface area (TPSA) is 64.1 Å². The van der Waals surface area contributed by atoms with Crippen LogP contribution >= 0.6 is 11.6 Å². The number of alkyl halides is 1. The maximum atomic E-state index is 11.3. The van der Waals surface area contributed by atoms with Crippen LogP contribution in [0.1, 0.15) is 12.6 Å². The summed E-state index contributed by atoms with van der Waals surface area (Å²) in [6.07, 6.45) is 1.63. The van der Waals surface area contributed by atoms with Gasteiger partial charge in [-0.15, -0.1) is 11.6 Å². The molecule has 0 bridgehead atoms. The van der Waals surface area contributed by atoms with Gasteiger partial charge in [-0.25, -0.2) is 4.79 Å². The number of hydrogen-bond donors (Lipinski definition) is 1. The van der Waals surface area contributed by atoms with E-state index in [1.165, 1.54) is 16.8 Å². The molecule has 1 aromatic rings. The average Bonchev–Trinajstić information content (AvgIpc) is 2.52. The lowest BCUT2D eigenvalue weighted by molar-refractivity contribution is 0.0542. The summed E-state index contributed by atoms with van der Waals surface area (Å²) in [5.74, 6) is 0. The van der Waals surface area contributed by atoms with Crippen LogP contribution in [0.15, 0.2) is 21.9 Å². The summed E-state index contributed by atoms with van der Waals surface area (Å²) in [5, 5.41) is -0.224. The maximum absolute atomic E-state index is 11.3. The van der Waals surface area contributed by atoms with Gasteiger partial charge in [0.2, 0.25) is 0 Å². The van der Waals surface area contributed by atoms with Crippen molar-refractivity contribution in [3.8, 4) is 0 Å². The van der Waals surface area contributed by atoms with E-state index in [4.69, 9.17) is 16.3 Å². The fourth-order valence-electron chi connectivity index (χ4n) is 1.43. The highest BCUT2D eigenvalue weighted by Crippen LogP contribution is 2.26. The number of nitrogens with zero attached hydrogens (tertiary/aromatic N) is 1. The first-order valence-corrected chi connectivity index (χ1v) is 4.69. The monoisotopic (exact) mass is 216 g/mol. The van der Waals surface area contributed by atoms with Crippen LogP contribution in [0.2, 0.25) is 0 Å². The Labute approximate surface area is 84.3 Å². The van der Waals surface area contributed by atoms with E-state index in [0.717, 1.165) is 0 Å². The average molecular weight is 217 g/mol. The molecule has 2 heterocycles. The Morgan fingerprint density at radius 1 is 1.57 bits per heavy atom. The Bertz CT molecular complexity index is 439. The van der Waals surface area contributed by atoms with E-state index >= 15 is 0 Å². The first-order valence-electron chi connectivity index (χ1n) is 4.25. The summed E-state index contributed by atoms with van der Waals surface area (Å²) in [5.41, 5.74) is -0.912. The number of aromatic amines is 1. The van der Waals surface area contributed by atoms with Crippen molar-refractivity contribution < 1.29 is 4.74 Å². The van der Waals surface area contributed by atoms with E-state index in [1.807, 2.05) is 0 Å². The lowest BCUT2D eigenvalue weighted by Gasteiger charge is -2.14. The summed E-state index contributed by atoms with van der Waals surface area (Å²) >= 11 is 5.95. The molecule has 1 N–H and O–H groups in total. The Balaban J connectivity index is 2.41. The second-order valence-corrected chi connectivity index (χ2v) is 3.64. The van der Waals surface area contributed by atoms with Gasteiger partial charge < -0.3 is 4.74 Å². The molecule has 1 aromatic heterocycles. The molecule has 0 amide bonds. The van der Waals surface area contributed by atoms with Crippen molar-refractivity contribution in [3.63, 3.8) is 0 Å². The molecule has 1 fully saturated rings. The molecule has 1 saturated heterocycles. The molecule has 0 radical (unpaired) electrons. The Morgan fingerprint density at radius 2 is 2.36 bits per heavy atom. The van der Waals surface area contributed by atoms with Gasteiger partial charge in [-0.3, -0.25) is 14.3 Å². The van der Waals surface area contributed by atoms with Crippen LogP contribution in [0, 0.1) is 0 Å². The van der Waals surface area contributed by atoms with Gasteiger partial charge in [0.25, 0.3) is 5.56 Å². The first kappa shape index (κ1) is 9.48. The highest BCUT2D eigenvalue weighted by Gasteiger charge is 2.28. The number of H-pyrrole nitrogens is 1. The minimum Gasteiger partial charge on any atom is -0.356 e. The molecule has 1 aliphatic rings. The summed E-state index contributed by atoms with van der Waals surface area (Å²) in [6, 6.07) is 1.27. The maximum Gasteiger partial charge on any atom is 0.330 e. The number of rotatable bonds is 1. The molecule has 2 atom stereocenters. The van der Waals surface area contributed by atoms with E-state index in [9.17, 15) is 9.59 Å². The van der Waals surface area contributed by atoms with E-state index in [2.05, 4.69) is 4.98 Å². The minimum absolute atomic E-state index is 0.224. The molecular weight excluding hydrogens is 208 g/mol. The smallest absolute Gasteiger partial charge is 0.330 e. The van der Waals surface area contributed by atoms with Crippen molar-refractivity contribution in [1.82, 2.24) is 9.55 Å². The van der Waals surface area contributed by atoms with Gasteiger partial charge in [0.1, 0.15) is 0 Å². The van der Waals surface area contributed by atoms with Crippen molar-refractivity contribution in [3.05, 3.63) is 33.1 Å². The zero-order valence-electron chi connectivity index (χ0n) is 7.27. The SMILES string of the molecule is O=c1ccn([C@@H]2OCC[C@@H]2Cl)c(=O)[nH]1. The van der Waals surface area contributed by atoms with Gasteiger partial charge in [-0.05, 0) is 6.42 Å². The summed E-state index contributed by atoms with van der Waals surface area (Å²) < 4.78 is 6.58. The lowest BCUT2D eigenvalue weighted by Crippen LogP contribution is -2.33. The Hall–Kier alpha value is -1.07. The minimum atomic E-state index is -0.491. The van der Waals surface area contributed by atoms with Crippen molar-refractivity contribution in [2.24, 2.45) is 0 Å². The molecule has 6 heteroatoms. The number of nitrogens with one attached hydrogen (secondary N) is 1. The summed E-state index contributed by atoms with van der Waals surface area (Å²) in [6.45, 7) is 0.532. The van der Waals surface area contributed by atoms with E-state index in [-0.39, 0.29) is 5.38 Å². The molecule has 14 heavy (non-hydrogen) atoms. The first-order chi connectivity index (χ1) is 6.68. The van der Waals surface area contributed by atoms with Crippen LogP contribution in [-0.4, -0.2) is 21.5 Å². The summed E-state index contributed by atoms with van der Waals surface area (Å²) in [7, 11) is 0. The Morgan fingerprint density at radius 3 is 2.93 bits per heavy atom. The highest BCUT2D eigenvalue weighted by atomic mass is 35.5. The van der Waals surface area contributed by atoms with Gasteiger partial charge in [0, 0.05) is 12.3 Å². The molecule has 0 aliphatic carbocycles. The van der Waals surface area contributed by atoms with Crippen LogP contribution in [0.4, 0.5) is 0 Å². The number of halogens is 1. The zero-order chi connectivity index (χ0) is 10.1. The molecule has 0 aromatic carbocycles.